The Labute approximate surface area is 225 Å². The van der Waals surface area contributed by atoms with Crippen LogP contribution in [0.3, 0.4) is 0 Å². The first-order chi connectivity index (χ1) is 18.4. The Bertz CT molecular complexity index is 1450. The van der Waals surface area contributed by atoms with Gasteiger partial charge in [-0.1, -0.05) is 24.6 Å². The Morgan fingerprint density at radius 3 is 2.58 bits per heavy atom. The van der Waals surface area contributed by atoms with E-state index in [1.165, 1.54) is 19.2 Å². The molecule has 38 heavy (non-hydrogen) atoms. The number of benzene rings is 2. The molecule has 0 unspecified atom stereocenters. The van der Waals surface area contributed by atoms with E-state index in [2.05, 4.69) is 26.8 Å². The van der Waals surface area contributed by atoms with E-state index < -0.39 is 11.6 Å². The van der Waals surface area contributed by atoms with E-state index in [1.54, 1.807) is 30.6 Å². The first-order valence-corrected chi connectivity index (χ1v) is 12.9. The van der Waals surface area contributed by atoms with Gasteiger partial charge in [-0.3, -0.25) is 4.90 Å². The molecule has 0 aliphatic carbocycles. The maximum Gasteiger partial charge on any atom is 0.159 e. The molecular formula is C28H29ClF2N6O. The Hall–Kier alpha value is -3.43. The fourth-order valence-corrected chi connectivity index (χ4v) is 5.30. The van der Waals surface area contributed by atoms with E-state index in [0.29, 0.717) is 41.9 Å². The summed E-state index contributed by atoms with van der Waals surface area (Å²) in [4.78, 5) is 22.2. The number of hydrogen-bond acceptors (Lipinski definition) is 7. The van der Waals surface area contributed by atoms with Crippen LogP contribution in [-0.2, 0) is 13.1 Å². The third kappa shape index (κ3) is 5.26. The lowest BCUT2D eigenvalue weighted by molar-refractivity contribution is 0.302. The van der Waals surface area contributed by atoms with Crippen molar-refractivity contribution in [1.29, 1.82) is 0 Å². The van der Waals surface area contributed by atoms with Gasteiger partial charge in [0.25, 0.3) is 0 Å². The van der Waals surface area contributed by atoms with E-state index in [0.717, 1.165) is 25.9 Å². The summed E-state index contributed by atoms with van der Waals surface area (Å²) < 4.78 is 36.7. The summed E-state index contributed by atoms with van der Waals surface area (Å²) in [6.07, 6.45) is 5.51. The molecule has 0 N–H and O–H groups in total. The van der Waals surface area contributed by atoms with E-state index in [9.17, 15) is 4.39 Å². The molecule has 0 saturated carbocycles. The summed E-state index contributed by atoms with van der Waals surface area (Å²) in [5, 5.41) is 0.567. The van der Waals surface area contributed by atoms with Gasteiger partial charge < -0.3 is 9.64 Å². The quantitative estimate of drug-likeness (QED) is 0.290. The molecule has 0 radical (unpaired) electrons. The maximum atomic E-state index is 16.4. The van der Waals surface area contributed by atoms with Crippen LogP contribution in [0.25, 0.3) is 22.0 Å². The summed E-state index contributed by atoms with van der Waals surface area (Å²) in [5.41, 5.74) is -0.0221. The second-order valence-electron chi connectivity index (χ2n) is 9.75. The van der Waals surface area contributed by atoms with Crippen LogP contribution >= 0.6 is 11.6 Å². The lowest BCUT2D eigenvalue weighted by atomic mass is 9.98. The molecule has 2 aromatic heterocycles. The minimum atomic E-state index is -0.708. The van der Waals surface area contributed by atoms with E-state index in [1.807, 2.05) is 11.9 Å². The molecule has 3 heterocycles. The van der Waals surface area contributed by atoms with Crippen molar-refractivity contribution in [2.45, 2.75) is 32.9 Å². The molecule has 10 heteroatoms. The second kappa shape index (κ2) is 11.1. The first kappa shape index (κ1) is 26.2. The number of ether oxygens (including phenoxy) is 1. The molecule has 1 saturated heterocycles. The van der Waals surface area contributed by atoms with Crippen molar-refractivity contribution in [1.82, 2.24) is 24.8 Å². The lowest BCUT2D eigenvalue weighted by Crippen LogP contribution is -2.35. The van der Waals surface area contributed by atoms with Gasteiger partial charge in [0.05, 0.1) is 30.8 Å². The predicted molar refractivity (Wildman–Crippen MR) is 144 cm³/mol. The van der Waals surface area contributed by atoms with Gasteiger partial charge >= 0.3 is 0 Å². The van der Waals surface area contributed by atoms with Gasteiger partial charge in [-0.05, 0) is 50.1 Å². The largest absolute Gasteiger partial charge is 0.496 e. The smallest absolute Gasteiger partial charge is 0.159 e. The summed E-state index contributed by atoms with van der Waals surface area (Å²) in [6, 6.07) is 7.74. The molecule has 5 rings (SSSR count). The van der Waals surface area contributed by atoms with Crippen molar-refractivity contribution in [3.8, 4) is 16.9 Å². The highest BCUT2D eigenvalue weighted by atomic mass is 35.5. The topological polar surface area (TPSA) is 67.3 Å². The number of hydrogen-bond donors (Lipinski definition) is 0. The van der Waals surface area contributed by atoms with Crippen LogP contribution in [0.5, 0.6) is 5.75 Å². The average molecular weight is 539 g/mol. The molecule has 7 nitrogen and oxygen atoms in total. The minimum Gasteiger partial charge on any atom is -0.496 e. The number of methoxy groups -OCH3 is 1. The van der Waals surface area contributed by atoms with Crippen molar-refractivity contribution >= 4 is 28.3 Å². The molecule has 4 aromatic rings. The summed E-state index contributed by atoms with van der Waals surface area (Å²) in [6.45, 7) is 4.59. The van der Waals surface area contributed by atoms with Crippen LogP contribution in [0.1, 0.15) is 31.4 Å². The molecule has 0 spiro atoms. The highest BCUT2D eigenvalue weighted by molar-refractivity contribution is 6.34. The zero-order chi connectivity index (χ0) is 26.8. The maximum absolute atomic E-state index is 16.4. The van der Waals surface area contributed by atoms with Crippen LogP contribution in [0.2, 0.25) is 5.02 Å². The molecule has 2 aromatic carbocycles. The van der Waals surface area contributed by atoms with Gasteiger partial charge in [-0.15, -0.1) is 0 Å². The van der Waals surface area contributed by atoms with Gasteiger partial charge in [0.15, 0.2) is 5.82 Å². The van der Waals surface area contributed by atoms with Crippen LogP contribution in [0.4, 0.5) is 14.6 Å². The summed E-state index contributed by atoms with van der Waals surface area (Å²) in [7, 11) is 3.31. The zero-order valence-corrected chi connectivity index (χ0v) is 22.3. The molecular weight excluding hydrogens is 510 g/mol. The Morgan fingerprint density at radius 1 is 1.08 bits per heavy atom. The third-order valence-corrected chi connectivity index (χ3v) is 7.05. The molecule has 1 atom stereocenters. The van der Waals surface area contributed by atoms with Gasteiger partial charge in [-0.2, -0.15) is 0 Å². The van der Waals surface area contributed by atoms with E-state index >= 15 is 4.39 Å². The first-order valence-electron chi connectivity index (χ1n) is 12.6. The summed E-state index contributed by atoms with van der Waals surface area (Å²) >= 11 is 6.64. The minimum absolute atomic E-state index is 0.0361. The molecule has 0 bridgehead atoms. The predicted octanol–water partition coefficient (Wildman–Crippen LogP) is 5.90. The number of fused-ring (bicyclic) bond motifs is 1. The zero-order valence-electron chi connectivity index (χ0n) is 21.6. The Morgan fingerprint density at radius 2 is 1.84 bits per heavy atom. The van der Waals surface area contributed by atoms with Gasteiger partial charge in [-0.25, -0.2) is 28.7 Å². The van der Waals surface area contributed by atoms with Crippen molar-refractivity contribution in [2.75, 3.05) is 32.1 Å². The Kier molecular flexibility index (Phi) is 7.67. The Balaban J connectivity index is 1.65. The average Bonchev–Trinajstić information content (AvgIpc) is 2.90. The molecule has 1 aliphatic rings. The molecule has 198 valence electrons. The number of nitrogens with zero attached hydrogens (tertiary/aromatic N) is 6. The van der Waals surface area contributed by atoms with E-state index in [-0.39, 0.29) is 27.4 Å². The van der Waals surface area contributed by atoms with Crippen LogP contribution in [0, 0.1) is 17.6 Å². The van der Waals surface area contributed by atoms with Crippen LogP contribution < -0.4 is 9.64 Å². The monoisotopic (exact) mass is 538 g/mol. The van der Waals surface area contributed by atoms with Crippen molar-refractivity contribution in [3.05, 3.63) is 71.0 Å². The van der Waals surface area contributed by atoms with Crippen molar-refractivity contribution < 1.29 is 13.5 Å². The van der Waals surface area contributed by atoms with E-state index in [4.69, 9.17) is 21.3 Å². The lowest BCUT2D eigenvalue weighted by Gasteiger charge is -2.33. The van der Waals surface area contributed by atoms with Crippen LogP contribution in [0.15, 0.2) is 42.7 Å². The second-order valence-corrected chi connectivity index (χ2v) is 10.2. The standard InChI is InChI=1S/C28H29ClF2N6O/c1-17-7-5-12-37(14-17)28-18-13-19(29)24(25-20(30)8-4-9-21(25)38-3)26(31)27(18)34-23(35-28)16-36(2)15-22-32-10-6-11-33-22/h4,6,8-11,13,17H,5,7,12,14-16H2,1-3H3/t17-/m0/s1. The number of anilines is 1. The fraction of sp³-hybridized carbons (Fsp3) is 0.357. The van der Waals surface area contributed by atoms with Gasteiger partial charge in [0, 0.05) is 36.4 Å². The third-order valence-electron chi connectivity index (χ3n) is 6.75. The normalized spacial score (nSPS) is 15.9. The summed E-state index contributed by atoms with van der Waals surface area (Å²) in [5.74, 6) is 1.05. The SMILES string of the molecule is COc1cccc(F)c1-c1c(Cl)cc2c(N3CCC[C@H](C)C3)nc(CN(C)Cc3ncccn3)nc2c1F. The highest BCUT2D eigenvalue weighted by Crippen LogP contribution is 2.43. The molecule has 0 amide bonds. The van der Waals surface area contributed by atoms with Crippen LogP contribution in [-0.4, -0.2) is 52.1 Å². The van der Waals surface area contributed by atoms with Crippen molar-refractivity contribution in [2.24, 2.45) is 5.92 Å². The molecule has 1 fully saturated rings. The molecule has 1 aliphatic heterocycles. The van der Waals surface area contributed by atoms with Gasteiger partial charge in [0.1, 0.15) is 34.6 Å². The fourth-order valence-electron chi connectivity index (χ4n) is 5.02. The number of piperidine rings is 1. The highest BCUT2D eigenvalue weighted by Gasteiger charge is 2.27. The number of halogens is 3. The van der Waals surface area contributed by atoms with Crippen molar-refractivity contribution in [3.63, 3.8) is 0 Å². The number of aromatic nitrogens is 4. The number of rotatable bonds is 7. The van der Waals surface area contributed by atoms with Gasteiger partial charge in [0.2, 0.25) is 0 Å².